The van der Waals surface area contributed by atoms with Gasteiger partial charge >= 0.3 is 0 Å². The molecule has 2 nitrogen and oxygen atoms in total. The molecule has 1 N–H and O–H groups in total. The fourth-order valence-electron chi connectivity index (χ4n) is 3.14. The Morgan fingerprint density at radius 3 is 2.65 bits per heavy atom. The van der Waals surface area contributed by atoms with E-state index in [-0.39, 0.29) is 0 Å². The van der Waals surface area contributed by atoms with Gasteiger partial charge in [0.15, 0.2) is 5.79 Å². The van der Waals surface area contributed by atoms with Gasteiger partial charge in [-0.1, -0.05) is 40.0 Å². The van der Waals surface area contributed by atoms with Crippen LogP contribution in [0, 0.1) is 11.3 Å². The molecule has 1 aliphatic rings. The zero-order chi connectivity index (χ0) is 12.9. The Kier molecular flexibility index (Phi) is 5.46. The van der Waals surface area contributed by atoms with E-state index in [9.17, 15) is 5.11 Å². The second-order valence-electron chi connectivity index (χ2n) is 6.27. The lowest BCUT2D eigenvalue weighted by atomic mass is 9.68. The molecule has 0 amide bonds. The van der Waals surface area contributed by atoms with Gasteiger partial charge in [-0.25, -0.2) is 0 Å². The van der Waals surface area contributed by atoms with E-state index >= 15 is 0 Å². The van der Waals surface area contributed by atoms with E-state index < -0.39 is 5.79 Å². The van der Waals surface area contributed by atoms with Crippen LogP contribution < -0.4 is 0 Å². The topological polar surface area (TPSA) is 29.5 Å². The van der Waals surface area contributed by atoms with Gasteiger partial charge in [0, 0.05) is 0 Å². The Hall–Kier alpha value is -0.0800. The molecule has 0 aromatic carbocycles. The normalized spacial score (nSPS) is 33.4. The highest BCUT2D eigenvalue weighted by Gasteiger charge is 2.36. The van der Waals surface area contributed by atoms with Crippen molar-refractivity contribution >= 4 is 0 Å². The lowest BCUT2D eigenvalue weighted by Crippen LogP contribution is -2.38. The lowest BCUT2D eigenvalue weighted by Gasteiger charge is -2.41. The Morgan fingerprint density at radius 1 is 1.41 bits per heavy atom. The standard InChI is InChI=1S/C15H30O2/c1-5-9-15(10-7-8-13(3)11-15)12-17-14(4,16)6-2/h13,16H,5-12H2,1-4H3/t13-,14?,15?/m1/s1. The van der Waals surface area contributed by atoms with E-state index in [4.69, 9.17) is 4.74 Å². The van der Waals surface area contributed by atoms with E-state index in [1.54, 1.807) is 6.92 Å². The summed E-state index contributed by atoms with van der Waals surface area (Å²) in [6.07, 6.45) is 8.31. The first-order valence-corrected chi connectivity index (χ1v) is 7.29. The molecule has 3 atom stereocenters. The molecule has 102 valence electrons. The molecule has 0 aliphatic heterocycles. The largest absolute Gasteiger partial charge is 0.366 e. The molecule has 0 saturated heterocycles. The fraction of sp³-hybridized carbons (Fsp3) is 1.00. The van der Waals surface area contributed by atoms with Crippen LogP contribution >= 0.6 is 0 Å². The van der Waals surface area contributed by atoms with Crippen LogP contribution in [0.2, 0.25) is 0 Å². The second kappa shape index (κ2) is 6.19. The third kappa shape index (κ3) is 4.59. The predicted octanol–water partition coefficient (Wildman–Crippen LogP) is 4.12. The number of aliphatic hydroxyl groups is 1. The third-order valence-electron chi connectivity index (χ3n) is 4.31. The minimum absolute atomic E-state index is 0.325. The highest BCUT2D eigenvalue weighted by Crippen LogP contribution is 2.43. The number of rotatable bonds is 6. The molecule has 0 bridgehead atoms. The summed E-state index contributed by atoms with van der Waals surface area (Å²) in [5.41, 5.74) is 0.325. The minimum Gasteiger partial charge on any atom is -0.366 e. The zero-order valence-corrected chi connectivity index (χ0v) is 12.1. The maximum absolute atomic E-state index is 9.98. The highest BCUT2D eigenvalue weighted by atomic mass is 16.6. The smallest absolute Gasteiger partial charge is 0.162 e. The molecule has 0 spiro atoms. The fourth-order valence-corrected chi connectivity index (χ4v) is 3.14. The maximum Gasteiger partial charge on any atom is 0.162 e. The summed E-state index contributed by atoms with van der Waals surface area (Å²) in [6, 6.07) is 0. The van der Waals surface area contributed by atoms with Crippen molar-refractivity contribution in [3.63, 3.8) is 0 Å². The molecule has 0 heterocycles. The lowest BCUT2D eigenvalue weighted by molar-refractivity contribution is -0.213. The Bertz CT molecular complexity index is 221. The van der Waals surface area contributed by atoms with Crippen LogP contribution in [-0.2, 0) is 4.74 Å². The van der Waals surface area contributed by atoms with Crippen molar-refractivity contribution in [2.24, 2.45) is 11.3 Å². The highest BCUT2D eigenvalue weighted by molar-refractivity contribution is 4.85. The molecule has 0 aromatic heterocycles. The molecule has 1 aliphatic carbocycles. The van der Waals surface area contributed by atoms with Crippen LogP contribution in [0.25, 0.3) is 0 Å². The third-order valence-corrected chi connectivity index (χ3v) is 4.31. The first-order chi connectivity index (χ1) is 7.93. The summed E-state index contributed by atoms with van der Waals surface area (Å²) in [5.74, 6) is -0.132. The van der Waals surface area contributed by atoms with Crippen molar-refractivity contribution < 1.29 is 9.84 Å². The first kappa shape index (κ1) is 15.0. The van der Waals surface area contributed by atoms with Crippen LogP contribution in [0.15, 0.2) is 0 Å². The average Bonchev–Trinajstić information content (AvgIpc) is 2.27. The second-order valence-corrected chi connectivity index (χ2v) is 6.27. The number of ether oxygens (including phenoxy) is 1. The van der Waals surface area contributed by atoms with Gasteiger partial charge in [-0.05, 0) is 43.9 Å². The summed E-state index contributed by atoms with van der Waals surface area (Å²) >= 11 is 0. The van der Waals surface area contributed by atoms with E-state index in [2.05, 4.69) is 13.8 Å². The van der Waals surface area contributed by atoms with Crippen molar-refractivity contribution in [2.45, 2.75) is 78.4 Å². The number of hydrogen-bond acceptors (Lipinski definition) is 2. The molecule has 0 radical (unpaired) electrons. The van der Waals surface area contributed by atoms with E-state index in [1.165, 1.54) is 38.5 Å². The summed E-state index contributed by atoms with van der Waals surface area (Å²) < 4.78 is 5.78. The quantitative estimate of drug-likeness (QED) is 0.710. The van der Waals surface area contributed by atoms with Crippen LogP contribution in [0.1, 0.15) is 72.6 Å². The van der Waals surface area contributed by atoms with Crippen LogP contribution in [0.3, 0.4) is 0 Å². The summed E-state index contributed by atoms with van der Waals surface area (Å²) in [5, 5.41) is 9.98. The molecule has 1 fully saturated rings. The zero-order valence-electron chi connectivity index (χ0n) is 12.1. The van der Waals surface area contributed by atoms with Crippen molar-refractivity contribution in [2.75, 3.05) is 6.61 Å². The SMILES string of the molecule is CCCC1(COC(C)(O)CC)CCC[C@@H](C)C1. The van der Waals surface area contributed by atoms with Gasteiger partial charge in [-0.15, -0.1) is 0 Å². The molecule has 0 aromatic rings. The number of hydrogen-bond donors (Lipinski definition) is 1. The summed E-state index contributed by atoms with van der Waals surface area (Å²) in [6.45, 7) is 9.07. The maximum atomic E-state index is 9.98. The van der Waals surface area contributed by atoms with Gasteiger partial charge < -0.3 is 9.84 Å². The Balaban J connectivity index is 2.58. The van der Waals surface area contributed by atoms with Gasteiger partial charge in [-0.3, -0.25) is 0 Å². The molecule has 2 unspecified atom stereocenters. The summed E-state index contributed by atoms with van der Waals surface area (Å²) in [4.78, 5) is 0. The predicted molar refractivity (Wildman–Crippen MR) is 71.8 cm³/mol. The monoisotopic (exact) mass is 242 g/mol. The van der Waals surface area contributed by atoms with Crippen molar-refractivity contribution in [3.05, 3.63) is 0 Å². The van der Waals surface area contributed by atoms with Crippen molar-refractivity contribution in [1.29, 1.82) is 0 Å². The van der Waals surface area contributed by atoms with Crippen LogP contribution in [0.4, 0.5) is 0 Å². The van der Waals surface area contributed by atoms with Gasteiger partial charge in [0.05, 0.1) is 6.61 Å². The Morgan fingerprint density at radius 2 is 2.12 bits per heavy atom. The average molecular weight is 242 g/mol. The first-order valence-electron chi connectivity index (χ1n) is 7.29. The molecule has 17 heavy (non-hydrogen) atoms. The molecular weight excluding hydrogens is 212 g/mol. The molecule has 1 rings (SSSR count). The van der Waals surface area contributed by atoms with E-state index in [1.807, 2.05) is 6.92 Å². The van der Waals surface area contributed by atoms with Crippen molar-refractivity contribution in [3.8, 4) is 0 Å². The Labute approximate surface area is 107 Å². The van der Waals surface area contributed by atoms with E-state index in [0.29, 0.717) is 11.8 Å². The molecular formula is C15H30O2. The minimum atomic E-state index is -0.943. The van der Waals surface area contributed by atoms with Crippen molar-refractivity contribution in [1.82, 2.24) is 0 Å². The van der Waals surface area contributed by atoms with Gasteiger partial charge in [-0.2, -0.15) is 0 Å². The van der Waals surface area contributed by atoms with Gasteiger partial charge in [0.2, 0.25) is 0 Å². The summed E-state index contributed by atoms with van der Waals surface area (Å²) in [7, 11) is 0. The van der Waals surface area contributed by atoms with Crippen LogP contribution in [-0.4, -0.2) is 17.5 Å². The van der Waals surface area contributed by atoms with Gasteiger partial charge in [0.25, 0.3) is 0 Å². The molecule has 1 saturated carbocycles. The van der Waals surface area contributed by atoms with Gasteiger partial charge in [0.1, 0.15) is 0 Å². The van der Waals surface area contributed by atoms with E-state index in [0.717, 1.165) is 12.5 Å². The molecule has 2 heteroatoms. The van der Waals surface area contributed by atoms with Crippen LogP contribution in [0.5, 0.6) is 0 Å².